The fourth-order valence-corrected chi connectivity index (χ4v) is 4.28. The molecule has 3 atom stereocenters. The van der Waals surface area contributed by atoms with E-state index in [1.807, 2.05) is 13.8 Å². The Morgan fingerprint density at radius 2 is 1.45 bits per heavy atom. The van der Waals surface area contributed by atoms with E-state index in [0.29, 0.717) is 0 Å². The summed E-state index contributed by atoms with van der Waals surface area (Å²) in [4.78, 5) is 0. The zero-order valence-electron chi connectivity index (χ0n) is 21.4. The number of hydrogen-bond donors (Lipinski definition) is 0. The van der Waals surface area contributed by atoms with Crippen molar-refractivity contribution in [2.75, 3.05) is 0 Å². The maximum absolute atomic E-state index is 6.34. The Kier molecular flexibility index (Phi) is 15.6. The van der Waals surface area contributed by atoms with Gasteiger partial charge < -0.3 is 4.74 Å². The van der Waals surface area contributed by atoms with Gasteiger partial charge >= 0.3 is 0 Å². The first kappa shape index (κ1) is 28.3. The summed E-state index contributed by atoms with van der Waals surface area (Å²) in [6, 6.07) is 0. The van der Waals surface area contributed by atoms with Crippen molar-refractivity contribution in [3.63, 3.8) is 0 Å². The molecule has 0 aromatic heterocycles. The van der Waals surface area contributed by atoms with Gasteiger partial charge in [-0.2, -0.15) is 0 Å². The van der Waals surface area contributed by atoms with E-state index in [1.54, 1.807) is 0 Å². The summed E-state index contributed by atoms with van der Waals surface area (Å²) in [7, 11) is 0. The highest BCUT2D eigenvalue weighted by molar-refractivity contribution is 5.26. The van der Waals surface area contributed by atoms with E-state index in [4.69, 9.17) is 4.74 Å². The van der Waals surface area contributed by atoms with Crippen LogP contribution < -0.4 is 0 Å². The Hall–Kier alpha value is -0.720. The molecule has 29 heavy (non-hydrogen) atoms. The Labute approximate surface area is 184 Å². The smallest absolute Gasteiger partial charge is 0.118 e. The second-order valence-corrected chi connectivity index (χ2v) is 9.99. The molecule has 0 saturated carbocycles. The summed E-state index contributed by atoms with van der Waals surface area (Å²) in [6.07, 6.45) is 17.7. The van der Waals surface area contributed by atoms with Crippen molar-refractivity contribution in [3.8, 4) is 0 Å². The zero-order chi connectivity index (χ0) is 22.3. The fraction of sp³-hybridized carbons (Fsp3) is 0.857. The van der Waals surface area contributed by atoms with Gasteiger partial charge in [-0.15, -0.1) is 0 Å². The van der Waals surface area contributed by atoms with Crippen LogP contribution in [0.3, 0.4) is 0 Å². The maximum Gasteiger partial charge on any atom is 0.118 e. The Morgan fingerprint density at radius 3 is 1.97 bits per heavy atom. The average Bonchev–Trinajstić information content (AvgIpc) is 2.66. The molecule has 1 fully saturated rings. The van der Waals surface area contributed by atoms with Crippen molar-refractivity contribution in [1.82, 2.24) is 0 Å². The van der Waals surface area contributed by atoms with E-state index in [1.165, 1.54) is 63.4 Å². The first-order chi connectivity index (χ1) is 13.8. The van der Waals surface area contributed by atoms with Crippen molar-refractivity contribution in [1.29, 1.82) is 0 Å². The van der Waals surface area contributed by atoms with Gasteiger partial charge in [0.2, 0.25) is 0 Å². The second-order valence-electron chi connectivity index (χ2n) is 9.99. The van der Waals surface area contributed by atoms with Crippen LogP contribution in [-0.2, 0) is 4.74 Å². The molecule has 0 aromatic carbocycles. The molecule has 0 aromatic rings. The topological polar surface area (TPSA) is 9.23 Å². The second kappa shape index (κ2) is 16.0. The van der Waals surface area contributed by atoms with Crippen molar-refractivity contribution >= 4 is 0 Å². The molecule has 0 amide bonds. The third-order valence-corrected chi connectivity index (χ3v) is 6.32. The standard InChI is InChI=1S/C26H48O.C2H6/c1-8-12-25-24(6)18-20-26(7,27-25)19-11-17-23(5)16-10-15-22(4)14-9-13-21(2)3;1-2/h12,21-23H,6,8-11,13-20H2,1-5,7H3;1-2H3/b25-12+;. The predicted octanol–water partition coefficient (Wildman–Crippen LogP) is 9.87. The molecule has 3 unspecified atom stereocenters. The monoisotopic (exact) mass is 406 g/mol. The highest BCUT2D eigenvalue weighted by Crippen LogP contribution is 2.37. The molecule has 1 aliphatic heterocycles. The number of hydrogen-bond acceptors (Lipinski definition) is 1. The SMILES string of the molecule is C=C1CCC(C)(CCCC(C)CCCC(C)CCCC(C)C)O/C1=C/CC.CC. The normalized spacial score (nSPS) is 22.8. The lowest BCUT2D eigenvalue weighted by Crippen LogP contribution is -2.32. The predicted molar refractivity (Wildman–Crippen MR) is 132 cm³/mol. The van der Waals surface area contributed by atoms with E-state index in [-0.39, 0.29) is 5.60 Å². The maximum atomic E-state index is 6.34. The molecule has 1 nitrogen and oxygen atoms in total. The Morgan fingerprint density at radius 1 is 0.931 bits per heavy atom. The molecule has 0 N–H and O–H groups in total. The van der Waals surface area contributed by atoms with Gasteiger partial charge in [-0.25, -0.2) is 0 Å². The molecule has 1 aliphatic rings. The summed E-state index contributed by atoms with van der Waals surface area (Å²) in [6.45, 7) is 22.2. The molecular weight excluding hydrogens is 352 g/mol. The molecule has 1 rings (SSSR count). The molecule has 1 heterocycles. The quantitative estimate of drug-likeness (QED) is 0.295. The van der Waals surface area contributed by atoms with Crippen LogP contribution >= 0.6 is 0 Å². The summed E-state index contributed by atoms with van der Waals surface area (Å²) in [5, 5.41) is 0. The number of allylic oxidation sites excluding steroid dienone is 2. The van der Waals surface area contributed by atoms with Crippen LogP contribution in [-0.4, -0.2) is 5.60 Å². The van der Waals surface area contributed by atoms with E-state index in [9.17, 15) is 0 Å². The van der Waals surface area contributed by atoms with Crippen molar-refractivity contribution in [2.24, 2.45) is 17.8 Å². The van der Waals surface area contributed by atoms with E-state index >= 15 is 0 Å². The van der Waals surface area contributed by atoms with Crippen LogP contribution in [0.5, 0.6) is 0 Å². The Bertz CT molecular complexity index is 447. The van der Waals surface area contributed by atoms with E-state index in [2.05, 4.69) is 54.2 Å². The minimum Gasteiger partial charge on any atom is -0.488 e. The largest absolute Gasteiger partial charge is 0.488 e. The molecule has 0 bridgehead atoms. The van der Waals surface area contributed by atoms with Gasteiger partial charge in [0.1, 0.15) is 11.4 Å². The summed E-state index contributed by atoms with van der Waals surface area (Å²) in [5.41, 5.74) is 1.21. The fourth-order valence-electron chi connectivity index (χ4n) is 4.28. The zero-order valence-corrected chi connectivity index (χ0v) is 21.4. The lowest BCUT2D eigenvalue weighted by molar-refractivity contribution is -0.0108. The van der Waals surface area contributed by atoms with Crippen LogP contribution in [0, 0.1) is 17.8 Å². The third kappa shape index (κ3) is 13.2. The van der Waals surface area contributed by atoms with Crippen LogP contribution in [0.25, 0.3) is 0 Å². The summed E-state index contributed by atoms with van der Waals surface area (Å²) >= 11 is 0. The van der Waals surface area contributed by atoms with E-state index in [0.717, 1.165) is 42.8 Å². The number of rotatable bonds is 13. The third-order valence-electron chi connectivity index (χ3n) is 6.32. The van der Waals surface area contributed by atoms with Gasteiger partial charge in [-0.3, -0.25) is 0 Å². The minimum absolute atomic E-state index is 0.0207. The van der Waals surface area contributed by atoms with Gasteiger partial charge in [0.05, 0.1) is 0 Å². The van der Waals surface area contributed by atoms with Gasteiger partial charge in [-0.1, -0.05) is 100.0 Å². The number of ether oxygens (including phenoxy) is 1. The first-order valence-corrected chi connectivity index (χ1v) is 12.8. The average molecular weight is 407 g/mol. The minimum atomic E-state index is 0.0207. The molecular formula is C28H54O. The molecule has 0 spiro atoms. The van der Waals surface area contributed by atoms with Crippen LogP contribution in [0.1, 0.15) is 132 Å². The van der Waals surface area contributed by atoms with Crippen LogP contribution in [0.4, 0.5) is 0 Å². The molecule has 0 aliphatic carbocycles. The van der Waals surface area contributed by atoms with Gasteiger partial charge in [0, 0.05) is 0 Å². The van der Waals surface area contributed by atoms with Gasteiger partial charge in [-0.05, 0) is 68.4 Å². The van der Waals surface area contributed by atoms with Crippen molar-refractivity contribution in [3.05, 3.63) is 24.0 Å². The summed E-state index contributed by atoms with van der Waals surface area (Å²) < 4.78 is 6.34. The molecule has 172 valence electrons. The van der Waals surface area contributed by atoms with Crippen LogP contribution in [0.15, 0.2) is 24.0 Å². The van der Waals surface area contributed by atoms with Crippen molar-refractivity contribution < 1.29 is 4.74 Å². The molecule has 1 saturated heterocycles. The Balaban J connectivity index is 0.00000379. The lowest BCUT2D eigenvalue weighted by atomic mass is 9.86. The lowest BCUT2D eigenvalue weighted by Gasteiger charge is -2.37. The molecule has 0 radical (unpaired) electrons. The van der Waals surface area contributed by atoms with E-state index < -0.39 is 0 Å². The summed E-state index contributed by atoms with van der Waals surface area (Å²) in [5.74, 6) is 3.67. The molecule has 1 heteroatoms. The highest BCUT2D eigenvalue weighted by atomic mass is 16.5. The van der Waals surface area contributed by atoms with Gasteiger partial charge in [0.25, 0.3) is 0 Å². The van der Waals surface area contributed by atoms with Crippen molar-refractivity contribution in [2.45, 2.75) is 138 Å². The first-order valence-electron chi connectivity index (χ1n) is 12.8. The highest BCUT2D eigenvalue weighted by Gasteiger charge is 2.31. The van der Waals surface area contributed by atoms with Crippen LogP contribution in [0.2, 0.25) is 0 Å². The van der Waals surface area contributed by atoms with Gasteiger partial charge in [0.15, 0.2) is 0 Å².